The Kier molecular flexibility index (Phi) is 3.09. The Hall–Kier alpha value is -0.530. The highest BCUT2D eigenvalue weighted by Crippen LogP contribution is 2.42. The van der Waals surface area contributed by atoms with E-state index in [-0.39, 0.29) is 11.9 Å². The van der Waals surface area contributed by atoms with E-state index in [4.69, 9.17) is 4.74 Å². The molecule has 0 unspecified atom stereocenters. The number of esters is 1. The Morgan fingerprint density at radius 2 is 1.79 bits per heavy atom. The maximum Gasteiger partial charge on any atom is 0.308 e. The van der Waals surface area contributed by atoms with Crippen molar-refractivity contribution >= 4 is 5.97 Å². The van der Waals surface area contributed by atoms with Gasteiger partial charge in [-0.15, -0.1) is 0 Å². The number of fused-ring (bicyclic) bond motifs is 1. The number of carbonyl (C=O) groups excluding carboxylic acids is 1. The summed E-state index contributed by atoms with van der Waals surface area (Å²) in [6.07, 6.45) is 8.94. The first-order valence-corrected chi connectivity index (χ1v) is 5.89. The lowest BCUT2D eigenvalue weighted by molar-refractivity contribution is -0.147. The zero-order valence-corrected chi connectivity index (χ0v) is 9.00. The fourth-order valence-electron chi connectivity index (χ4n) is 3.25. The van der Waals surface area contributed by atoms with Crippen LogP contribution in [0.3, 0.4) is 0 Å². The average Bonchev–Trinajstić information content (AvgIpc) is 2.27. The summed E-state index contributed by atoms with van der Waals surface area (Å²) in [7, 11) is 1.51. The molecular weight excluding hydrogens is 176 g/mol. The molecule has 0 aromatic carbocycles. The van der Waals surface area contributed by atoms with Gasteiger partial charge in [-0.2, -0.15) is 0 Å². The molecule has 2 nitrogen and oxygen atoms in total. The van der Waals surface area contributed by atoms with E-state index in [0.29, 0.717) is 0 Å². The van der Waals surface area contributed by atoms with E-state index < -0.39 is 0 Å². The molecule has 0 heterocycles. The molecule has 2 saturated carbocycles. The summed E-state index contributed by atoms with van der Waals surface area (Å²) in [5.74, 6) is 1.97. The minimum Gasteiger partial charge on any atom is -0.469 e. The normalized spacial score (nSPS) is 37.4. The van der Waals surface area contributed by atoms with Crippen LogP contribution in [0, 0.1) is 17.8 Å². The predicted molar refractivity (Wildman–Crippen MR) is 54.8 cm³/mol. The van der Waals surface area contributed by atoms with Gasteiger partial charge in [0.2, 0.25) is 0 Å². The van der Waals surface area contributed by atoms with E-state index in [1.807, 2.05) is 0 Å². The molecule has 2 heteroatoms. The van der Waals surface area contributed by atoms with Crippen molar-refractivity contribution in [1.29, 1.82) is 0 Å². The summed E-state index contributed by atoms with van der Waals surface area (Å²) in [5, 5.41) is 0. The zero-order valence-electron chi connectivity index (χ0n) is 9.00. The summed E-state index contributed by atoms with van der Waals surface area (Å²) in [4.78, 5) is 11.4. The minimum absolute atomic E-state index is 0.0222. The second-order valence-electron chi connectivity index (χ2n) is 4.84. The summed E-state index contributed by atoms with van der Waals surface area (Å²) >= 11 is 0. The first-order chi connectivity index (χ1) is 6.81. The fraction of sp³-hybridized carbons (Fsp3) is 0.917. The van der Waals surface area contributed by atoms with Gasteiger partial charge in [-0.1, -0.05) is 25.7 Å². The van der Waals surface area contributed by atoms with Crippen LogP contribution in [0.15, 0.2) is 0 Å². The van der Waals surface area contributed by atoms with Crippen LogP contribution >= 0.6 is 0 Å². The number of hydrogen-bond acceptors (Lipinski definition) is 2. The third-order valence-corrected chi connectivity index (χ3v) is 4.07. The Morgan fingerprint density at radius 1 is 1.07 bits per heavy atom. The topological polar surface area (TPSA) is 26.3 Å². The lowest BCUT2D eigenvalue weighted by atomic mass is 9.67. The monoisotopic (exact) mass is 196 g/mol. The van der Waals surface area contributed by atoms with E-state index >= 15 is 0 Å². The van der Waals surface area contributed by atoms with Crippen LogP contribution in [0.4, 0.5) is 0 Å². The Labute approximate surface area is 86.0 Å². The van der Waals surface area contributed by atoms with E-state index in [1.54, 1.807) is 0 Å². The first kappa shape index (κ1) is 10.0. The standard InChI is InChI=1S/C12H20O2/c1-14-12(13)11-7-6-9-4-2-3-5-10(9)8-11/h9-11H,2-8H2,1H3/t9-,10-,11-/m1/s1. The van der Waals surface area contributed by atoms with Crippen LogP contribution in [0.5, 0.6) is 0 Å². The van der Waals surface area contributed by atoms with Crippen LogP contribution in [-0.2, 0) is 9.53 Å². The first-order valence-electron chi connectivity index (χ1n) is 5.89. The molecule has 2 aliphatic carbocycles. The van der Waals surface area contributed by atoms with Crippen molar-refractivity contribution < 1.29 is 9.53 Å². The average molecular weight is 196 g/mol. The summed E-state index contributed by atoms with van der Waals surface area (Å²) in [6, 6.07) is 0. The third-order valence-electron chi connectivity index (χ3n) is 4.07. The molecule has 2 aliphatic rings. The van der Waals surface area contributed by atoms with Crippen LogP contribution in [-0.4, -0.2) is 13.1 Å². The zero-order chi connectivity index (χ0) is 9.97. The van der Waals surface area contributed by atoms with E-state index in [1.165, 1.54) is 39.2 Å². The van der Waals surface area contributed by atoms with Crippen LogP contribution < -0.4 is 0 Å². The molecule has 2 rings (SSSR count). The van der Waals surface area contributed by atoms with Crippen molar-refractivity contribution in [1.82, 2.24) is 0 Å². The second kappa shape index (κ2) is 4.33. The van der Waals surface area contributed by atoms with Crippen LogP contribution in [0.1, 0.15) is 44.9 Å². The molecule has 0 N–H and O–H groups in total. The molecule has 0 aliphatic heterocycles. The number of ether oxygens (including phenoxy) is 1. The highest BCUT2D eigenvalue weighted by Gasteiger charge is 2.35. The highest BCUT2D eigenvalue weighted by molar-refractivity contribution is 5.72. The lowest BCUT2D eigenvalue weighted by Gasteiger charge is -2.38. The van der Waals surface area contributed by atoms with Gasteiger partial charge in [0.1, 0.15) is 0 Å². The van der Waals surface area contributed by atoms with Gasteiger partial charge in [0.25, 0.3) is 0 Å². The van der Waals surface area contributed by atoms with Gasteiger partial charge in [0.05, 0.1) is 13.0 Å². The van der Waals surface area contributed by atoms with Gasteiger partial charge in [0, 0.05) is 0 Å². The van der Waals surface area contributed by atoms with E-state index in [0.717, 1.165) is 24.7 Å². The summed E-state index contributed by atoms with van der Waals surface area (Å²) in [5.41, 5.74) is 0. The molecule has 0 amide bonds. The van der Waals surface area contributed by atoms with Gasteiger partial charge < -0.3 is 4.74 Å². The largest absolute Gasteiger partial charge is 0.469 e. The molecule has 0 bridgehead atoms. The van der Waals surface area contributed by atoms with Crippen LogP contribution in [0.25, 0.3) is 0 Å². The molecule has 0 aromatic rings. The molecule has 2 fully saturated rings. The fourth-order valence-corrected chi connectivity index (χ4v) is 3.25. The van der Waals surface area contributed by atoms with Crippen molar-refractivity contribution in [2.24, 2.45) is 17.8 Å². The van der Waals surface area contributed by atoms with Gasteiger partial charge in [-0.05, 0) is 31.1 Å². The van der Waals surface area contributed by atoms with Gasteiger partial charge in [-0.25, -0.2) is 0 Å². The van der Waals surface area contributed by atoms with Crippen molar-refractivity contribution in [2.75, 3.05) is 7.11 Å². The highest BCUT2D eigenvalue weighted by atomic mass is 16.5. The number of carbonyl (C=O) groups is 1. The van der Waals surface area contributed by atoms with Gasteiger partial charge >= 0.3 is 5.97 Å². The third kappa shape index (κ3) is 1.94. The predicted octanol–water partition coefficient (Wildman–Crippen LogP) is 2.77. The van der Waals surface area contributed by atoms with E-state index in [9.17, 15) is 4.79 Å². The van der Waals surface area contributed by atoms with E-state index in [2.05, 4.69) is 0 Å². The molecule has 14 heavy (non-hydrogen) atoms. The Morgan fingerprint density at radius 3 is 2.50 bits per heavy atom. The second-order valence-corrected chi connectivity index (χ2v) is 4.84. The molecular formula is C12H20O2. The lowest BCUT2D eigenvalue weighted by Crippen LogP contribution is -2.31. The number of hydrogen-bond donors (Lipinski definition) is 0. The molecule has 80 valence electrons. The molecule has 0 radical (unpaired) electrons. The van der Waals surface area contributed by atoms with Gasteiger partial charge in [-0.3, -0.25) is 4.79 Å². The molecule has 0 spiro atoms. The van der Waals surface area contributed by atoms with Crippen LogP contribution in [0.2, 0.25) is 0 Å². The number of rotatable bonds is 1. The quantitative estimate of drug-likeness (QED) is 0.603. The maximum atomic E-state index is 11.4. The van der Waals surface area contributed by atoms with Crippen molar-refractivity contribution in [3.8, 4) is 0 Å². The Balaban J connectivity index is 1.92. The SMILES string of the molecule is COC(=O)[C@@H]1CC[C@H]2CCCC[C@@H]2C1. The molecule has 0 aromatic heterocycles. The smallest absolute Gasteiger partial charge is 0.308 e. The van der Waals surface area contributed by atoms with Crippen molar-refractivity contribution in [3.63, 3.8) is 0 Å². The van der Waals surface area contributed by atoms with Crippen molar-refractivity contribution in [2.45, 2.75) is 44.9 Å². The molecule has 0 saturated heterocycles. The van der Waals surface area contributed by atoms with Gasteiger partial charge in [0.15, 0.2) is 0 Å². The molecule has 3 atom stereocenters. The summed E-state index contributed by atoms with van der Waals surface area (Å²) < 4.78 is 4.83. The van der Waals surface area contributed by atoms with Crippen molar-refractivity contribution in [3.05, 3.63) is 0 Å². The maximum absolute atomic E-state index is 11.4. The minimum atomic E-state index is 0.0222. The Bertz CT molecular complexity index is 212. The summed E-state index contributed by atoms with van der Waals surface area (Å²) in [6.45, 7) is 0. The number of methoxy groups -OCH3 is 1.